The van der Waals surface area contributed by atoms with E-state index in [1.54, 1.807) is 6.92 Å². The van der Waals surface area contributed by atoms with Crippen molar-refractivity contribution >= 4 is 6.09 Å². The molecule has 15 heavy (non-hydrogen) atoms. The molecule has 0 fully saturated rings. The molecule has 0 atom stereocenters. The monoisotopic (exact) mass is 215 g/mol. The maximum absolute atomic E-state index is 12.8. The van der Waals surface area contributed by atoms with E-state index in [0.717, 1.165) is 17.0 Å². The average molecular weight is 215 g/mol. The van der Waals surface area contributed by atoms with E-state index in [4.69, 9.17) is 5.11 Å². The molecule has 1 amide bonds. The smallest absolute Gasteiger partial charge is 0.407 e. The zero-order valence-electron chi connectivity index (χ0n) is 8.20. The minimum absolute atomic E-state index is 0.0586. The lowest BCUT2D eigenvalue weighted by Crippen LogP contribution is -2.28. The Morgan fingerprint density at radius 1 is 1.40 bits per heavy atom. The maximum atomic E-state index is 12.8. The van der Waals surface area contributed by atoms with E-state index < -0.39 is 17.7 Å². The summed E-state index contributed by atoms with van der Waals surface area (Å²) in [6.07, 6.45) is -1.08. The Balaban J connectivity index is 2.80. The molecule has 0 aliphatic heterocycles. The zero-order chi connectivity index (χ0) is 11.4. The van der Waals surface area contributed by atoms with Crippen LogP contribution in [0.15, 0.2) is 18.2 Å². The highest BCUT2D eigenvalue weighted by atomic mass is 19.2. The number of halogens is 2. The predicted octanol–water partition coefficient (Wildman–Crippen LogP) is 2.46. The fourth-order valence-electron chi connectivity index (χ4n) is 1.17. The van der Waals surface area contributed by atoms with Gasteiger partial charge in [0.25, 0.3) is 0 Å². The van der Waals surface area contributed by atoms with Crippen molar-refractivity contribution < 1.29 is 18.7 Å². The van der Waals surface area contributed by atoms with Gasteiger partial charge in [-0.3, -0.25) is 0 Å². The van der Waals surface area contributed by atoms with Crippen LogP contribution in [0.1, 0.15) is 12.5 Å². The van der Waals surface area contributed by atoms with Crippen molar-refractivity contribution in [3.63, 3.8) is 0 Å². The normalized spacial score (nSPS) is 10.1. The van der Waals surface area contributed by atoms with Gasteiger partial charge in [0.1, 0.15) is 0 Å². The molecule has 0 bridgehead atoms. The standard InChI is InChI=1S/C10H11F2NO2/c1-2-13(10(14)15)6-7-3-4-8(11)9(12)5-7/h3-5H,2,6H2,1H3,(H,14,15). The van der Waals surface area contributed by atoms with Gasteiger partial charge in [-0.2, -0.15) is 0 Å². The minimum Gasteiger partial charge on any atom is -0.465 e. The molecule has 1 rings (SSSR count). The molecular formula is C10H11F2NO2. The highest BCUT2D eigenvalue weighted by Gasteiger charge is 2.11. The lowest BCUT2D eigenvalue weighted by Gasteiger charge is -2.16. The third kappa shape index (κ3) is 2.90. The quantitative estimate of drug-likeness (QED) is 0.841. The number of carboxylic acid groups (broad SMARTS) is 1. The van der Waals surface area contributed by atoms with Crippen molar-refractivity contribution in [1.82, 2.24) is 4.90 Å². The second kappa shape index (κ2) is 4.72. The van der Waals surface area contributed by atoms with E-state index in [9.17, 15) is 13.6 Å². The SMILES string of the molecule is CCN(Cc1ccc(F)c(F)c1)C(=O)O. The first-order chi connectivity index (χ1) is 7.04. The number of nitrogens with zero attached hydrogens (tertiary/aromatic N) is 1. The summed E-state index contributed by atoms with van der Waals surface area (Å²) in [4.78, 5) is 11.7. The van der Waals surface area contributed by atoms with Crippen molar-refractivity contribution in [1.29, 1.82) is 0 Å². The molecule has 0 radical (unpaired) electrons. The summed E-state index contributed by atoms with van der Waals surface area (Å²) in [7, 11) is 0. The summed E-state index contributed by atoms with van der Waals surface area (Å²) in [5.74, 6) is -1.90. The van der Waals surface area contributed by atoms with Gasteiger partial charge in [-0.25, -0.2) is 13.6 Å². The molecule has 1 aromatic carbocycles. The van der Waals surface area contributed by atoms with Gasteiger partial charge in [0.05, 0.1) is 0 Å². The average Bonchev–Trinajstić information content (AvgIpc) is 2.19. The summed E-state index contributed by atoms with van der Waals surface area (Å²) in [6, 6.07) is 3.35. The molecule has 5 heteroatoms. The van der Waals surface area contributed by atoms with Crippen LogP contribution in [0.25, 0.3) is 0 Å². The van der Waals surface area contributed by atoms with Crippen LogP contribution in [-0.2, 0) is 6.54 Å². The number of benzene rings is 1. The predicted molar refractivity (Wildman–Crippen MR) is 50.5 cm³/mol. The van der Waals surface area contributed by atoms with Crippen LogP contribution in [0.4, 0.5) is 13.6 Å². The fourth-order valence-corrected chi connectivity index (χ4v) is 1.17. The summed E-state index contributed by atoms with van der Waals surface area (Å²) in [6.45, 7) is 2.03. The molecule has 0 saturated carbocycles. The summed E-state index contributed by atoms with van der Waals surface area (Å²) in [5.41, 5.74) is 0.429. The van der Waals surface area contributed by atoms with Crippen molar-refractivity contribution in [2.75, 3.05) is 6.54 Å². The van der Waals surface area contributed by atoms with Crippen LogP contribution in [-0.4, -0.2) is 22.6 Å². The lowest BCUT2D eigenvalue weighted by molar-refractivity contribution is 0.145. The third-order valence-corrected chi connectivity index (χ3v) is 2.01. The molecule has 3 nitrogen and oxygen atoms in total. The van der Waals surface area contributed by atoms with Crippen molar-refractivity contribution in [2.45, 2.75) is 13.5 Å². The summed E-state index contributed by atoms with van der Waals surface area (Å²) >= 11 is 0. The molecule has 0 aliphatic rings. The van der Waals surface area contributed by atoms with Crippen LogP contribution in [0.3, 0.4) is 0 Å². The maximum Gasteiger partial charge on any atom is 0.407 e. The van der Waals surface area contributed by atoms with Gasteiger partial charge >= 0.3 is 6.09 Å². The largest absolute Gasteiger partial charge is 0.465 e. The Hall–Kier alpha value is -1.65. The molecule has 1 aromatic rings. The van der Waals surface area contributed by atoms with Crippen molar-refractivity contribution in [3.8, 4) is 0 Å². The Bertz CT molecular complexity index is 368. The van der Waals surface area contributed by atoms with Gasteiger partial charge in [-0.1, -0.05) is 6.07 Å². The van der Waals surface area contributed by atoms with Gasteiger partial charge in [0, 0.05) is 13.1 Å². The van der Waals surface area contributed by atoms with Crippen LogP contribution in [0.2, 0.25) is 0 Å². The Morgan fingerprint density at radius 2 is 2.07 bits per heavy atom. The van der Waals surface area contributed by atoms with E-state index in [2.05, 4.69) is 0 Å². The Morgan fingerprint density at radius 3 is 2.53 bits per heavy atom. The fraction of sp³-hybridized carbons (Fsp3) is 0.300. The van der Waals surface area contributed by atoms with Crippen LogP contribution >= 0.6 is 0 Å². The van der Waals surface area contributed by atoms with Crippen LogP contribution in [0, 0.1) is 11.6 Å². The van der Waals surface area contributed by atoms with E-state index in [1.807, 2.05) is 0 Å². The van der Waals surface area contributed by atoms with E-state index in [-0.39, 0.29) is 6.54 Å². The summed E-state index contributed by atoms with van der Waals surface area (Å²) in [5, 5.41) is 8.72. The van der Waals surface area contributed by atoms with Crippen molar-refractivity contribution in [2.24, 2.45) is 0 Å². The van der Waals surface area contributed by atoms with Gasteiger partial charge in [0.15, 0.2) is 11.6 Å². The molecule has 0 aliphatic carbocycles. The molecule has 82 valence electrons. The number of hydrogen-bond donors (Lipinski definition) is 1. The van der Waals surface area contributed by atoms with Gasteiger partial charge in [0.2, 0.25) is 0 Å². The van der Waals surface area contributed by atoms with Gasteiger partial charge in [-0.05, 0) is 24.6 Å². The third-order valence-electron chi connectivity index (χ3n) is 2.01. The van der Waals surface area contributed by atoms with Crippen molar-refractivity contribution in [3.05, 3.63) is 35.4 Å². The van der Waals surface area contributed by atoms with E-state index in [0.29, 0.717) is 12.1 Å². The molecule has 0 heterocycles. The van der Waals surface area contributed by atoms with Crippen LogP contribution < -0.4 is 0 Å². The first kappa shape index (κ1) is 11.4. The first-order valence-electron chi connectivity index (χ1n) is 4.46. The number of carbonyl (C=O) groups is 1. The molecule has 0 aromatic heterocycles. The highest BCUT2D eigenvalue weighted by molar-refractivity contribution is 5.64. The molecule has 0 saturated heterocycles. The lowest BCUT2D eigenvalue weighted by atomic mass is 10.2. The first-order valence-corrected chi connectivity index (χ1v) is 4.46. The molecule has 0 spiro atoms. The van der Waals surface area contributed by atoms with E-state index >= 15 is 0 Å². The number of rotatable bonds is 3. The number of amides is 1. The molecule has 1 N–H and O–H groups in total. The summed E-state index contributed by atoms with van der Waals surface area (Å²) < 4.78 is 25.4. The van der Waals surface area contributed by atoms with Gasteiger partial charge in [-0.15, -0.1) is 0 Å². The van der Waals surface area contributed by atoms with E-state index in [1.165, 1.54) is 6.07 Å². The Kier molecular flexibility index (Phi) is 3.60. The van der Waals surface area contributed by atoms with Gasteiger partial charge < -0.3 is 10.0 Å². The topological polar surface area (TPSA) is 40.5 Å². The Labute approximate surface area is 85.9 Å². The molecule has 0 unspecified atom stereocenters. The second-order valence-corrected chi connectivity index (χ2v) is 3.05. The minimum atomic E-state index is -1.08. The zero-order valence-corrected chi connectivity index (χ0v) is 8.20. The number of hydrogen-bond acceptors (Lipinski definition) is 1. The highest BCUT2D eigenvalue weighted by Crippen LogP contribution is 2.10. The van der Waals surface area contributed by atoms with Crippen LogP contribution in [0.5, 0.6) is 0 Å². The molecular weight excluding hydrogens is 204 g/mol. The second-order valence-electron chi connectivity index (χ2n) is 3.05.